The standard InChI is InChI=1S/C17H21N3O2S/c1-4-20-10-13(22-15-8-6-5-7-14(15)20)9-19(3)17(21)16-12(2)18-11-23-16/h5-8,11,13H,4,9-10H2,1-3H3/t13-/m1/s1. The van der Waals surface area contributed by atoms with Crippen molar-refractivity contribution in [2.75, 3.05) is 31.6 Å². The number of thiazole rings is 1. The van der Waals surface area contributed by atoms with Gasteiger partial charge in [-0.15, -0.1) is 11.3 Å². The second-order valence-electron chi connectivity index (χ2n) is 5.70. The van der Waals surface area contributed by atoms with Crippen LogP contribution in [0.15, 0.2) is 29.8 Å². The lowest BCUT2D eigenvalue weighted by Gasteiger charge is -2.37. The number of ether oxygens (including phenoxy) is 1. The van der Waals surface area contributed by atoms with Crippen molar-refractivity contribution in [2.45, 2.75) is 20.0 Å². The highest BCUT2D eigenvalue weighted by atomic mass is 32.1. The van der Waals surface area contributed by atoms with Gasteiger partial charge in [0, 0.05) is 13.6 Å². The molecule has 0 spiro atoms. The molecule has 1 aliphatic rings. The average molecular weight is 331 g/mol. The molecule has 0 aliphatic carbocycles. The van der Waals surface area contributed by atoms with Gasteiger partial charge in [-0.05, 0) is 26.0 Å². The molecule has 6 heteroatoms. The number of para-hydroxylation sites is 2. The maximum absolute atomic E-state index is 12.5. The minimum Gasteiger partial charge on any atom is -0.485 e. The first-order chi connectivity index (χ1) is 11.1. The molecule has 0 unspecified atom stereocenters. The number of carbonyl (C=O) groups excluding carboxylic acids is 1. The molecule has 0 bridgehead atoms. The van der Waals surface area contributed by atoms with Crippen molar-refractivity contribution in [3.8, 4) is 5.75 Å². The number of benzene rings is 1. The smallest absolute Gasteiger partial charge is 0.265 e. The van der Waals surface area contributed by atoms with Crippen LogP contribution < -0.4 is 9.64 Å². The number of nitrogens with zero attached hydrogens (tertiary/aromatic N) is 3. The predicted octanol–water partition coefficient (Wildman–Crippen LogP) is 2.81. The first kappa shape index (κ1) is 15.8. The summed E-state index contributed by atoms with van der Waals surface area (Å²) in [6.07, 6.45) is -0.0352. The third-order valence-corrected chi connectivity index (χ3v) is 4.99. The third kappa shape index (κ3) is 3.17. The zero-order chi connectivity index (χ0) is 16.4. The summed E-state index contributed by atoms with van der Waals surface area (Å²) < 4.78 is 6.08. The predicted molar refractivity (Wildman–Crippen MR) is 92.6 cm³/mol. The third-order valence-electron chi connectivity index (χ3n) is 4.07. The van der Waals surface area contributed by atoms with Crippen molar-refractivity contribution >= 4 is 22.9 Å². The Morgan fingerprint density at radius 3 is 2.96 bits per heavy atom. The maximum atomic E-state index is 12.5. The molecule has 0 saturated carbocycles. The zero-order valence-electron chi connectivity index (χ0n) is 13.7. The summed E-state index contributed by atoms with van der Waals surface area (Å²) in [4.78, 5) is 21.4. The van der Waals surface area contributed by atoms with E-state index in [2.05, 4.69) is 22.9 Å². The van der Waals surface area contributed by atoms with Gasteiger partial charge in [-0.1, -0.05) is 12.1 Å². The lowest BCUT2D eigenvalue weighted by molar-refractivity contribution is 0.0713. The summed E-state index contributed by atoms with van der Waals surface area (Å²) in [5, 5.41) is 0. The highest BCUT2D eigenvalue weighted by Crippen LogP contribution is 2.33. The van der Waals surface area contributed by atoms with Crippen LogP contribution in [-0.4, -0.2) is 48.6 Å². The van der Waals surface area contributed by atoms with Crippen LogP contribution in [0, 0.1) is 6.92 Å². The van der Waals surface area contributed by atoms with Crippen LogP contribution in [0.4, 0.5) is 5.69 Å². The minimum atomic E-state index is -0.0352. The SMILES string of the molecule is CCN1C[C@@H](CN(C)C(=O)c2scnc2C)Oc2ccccc21. The van der Waals surface area contributed by atoms with Crippen molar-refractivity contribution in [3.05, 3.63) is 40.3 Å². The van der Waals surface area contributed by atoms with E-state index in [9.17, 15) is 4.79 Å². The van der Waals surface area contributed by atoms with Crippen LogP contribution in [0.1, 0.15) is 22.3 Å². The van der Waals surface area contributed by atoms with Crippen molar-refractivity contribution in [1.82, 2.24) is 9.88 Å². The van der Waals surface area contributed by atoms with E-state index in [1.807, 2.05) is 32.2 Å². The van der Waals surface area contributed by atoms with Gasteiger partial charge < -0.3 is 14.5 Å². The lowest BCUT2D eigenvalue weighted by atomic mass is 10.2. The fraction of sp³-hybridized carbons (Fsp3) is 0.412. The van der Waals surface area contributed by atoms with E-state index < -0.39 is 0 Å². The van der Waals surface area contributed by atoms with Crippen molar-refractivity contribution in [2.24, 2.45) is 0 Å². The number of likely N-dealkylation sites (N-methyl/N-ethyl adjacent to an activating group) is 2. The molecule has 0 fully saturated rings. The van der Waals surface area contributed by atoms with Gasteiger partial charge in [0.2, 0.25) is 0 Å². The van der Waals surface area contributed by atoms with Crippen molar-refractivity contribution in [1.29, 1.82) is 0 Å². The molecule has 2 aromatic rings. The molecule has 0 saturated heterocycles. The van der Waals surface area contributed by atoms with Gasteiger partial charge in [-0.3, -0.25) is 4.79 Å². The van der Waals surface area contributed by atoms with Gasteiger partial charge >= 0.3 is 0 Å². The number of hydrogen-bond acceptors (Lipinski definition) is 5. The summed E-state index contributed by atoms with van der Waals surface area (Å²) in [7, 11) is 1.82. The monoisotopic (exact) mass is 331 g/mol. The van der Waals surface area contributed by atoms with E-state index in [0.717, 1.165) is 30.2 Å². The fourth-order valence-electron chi connectivity index (χ4n) is 2.84. The fourth-order valence-corrected chi connectivity index (χ4v) is 3.64. The summed E-state index contributed by atoms with van der Waals surface area (Å²) in [5.41, 5.74) is 3.62. The lowest BCUT2D eigenvalue weighted by Crippen LogP contribution is -2.46. The highest BCUT2D eigenvalue weighted by molar-refractivity contribution is 7.11. The van der Waals surface area contributed by atoms with E-state index in [1.165, 1.54) is 11.3 Å². The van der Waals surface area contributed by atoms with Crippen LogP contribution in [0.5, 0.6) is 5.75 Å². The van der Waals surface area contributed by atoms with E-state index >= 15 is 0 Å². The first-order valence-electron chi connectivity index (χ1n) is 7.76. The Balaban J connectivity index is 1.71. The molecule has 0 radical (unpaired) electrons. The second kappa shape index (κ2) is 6.58. The largest absolute Gasteiger partial charge is 0.485 e. The number of aryl methyl sites for hydroxylation is 1. The molecule has 23 heavy (non-hydrogen) atoms. The minimum absolute atomic E-state index is 0.00973. The van der Waals surface area contributed by atoms with Crippen LogP contribution in [-0.2, 0) is 0 Å². The Kier molecular flexibility index (Phi) is 4.52. The topological polar surface area (TPSA) is 45.7 Å². The Hall–Kier alpha value is -2.08. The highest BCUT2D eigenvalue weighted by Gasteiger charge is 2.27. The molecule has 1 atom stereocenters. The van der Waals surface area contributed by atoms with E-state index in [0.29, 0.717) is 11.4 Å². The summed E-state index contributed by atoms with van der Waals surface area (Å²) >= 11 is 1.39. The summed E-state index contributed by atoms with van der Waals surface area (Å²) in [6, 6.07) is 8.06. The number of aromatic nitrogens is 1. The van der Waals surface area contributed by atoms with Gasteiger partial charge in [0.25, 0.3) is 5.91 Å². The van der Waals surface area contributed by atoms with Crippen molar-refractivity contribution in [3.63, 3.8) is 0 Å². The average Bonchev–Trinajstić information content (AvgIpc) is 2.99. The molecular formula is C17H21N3O2S. The molecule has 1 amide bonds. The Bertz CT molecular complexity index is 701. The number of amides is 1. The Morgan fingerprint density at radius 1 is 1.48 bits per heavy atom. The molecule has 1 aromatic carbocycles. The molecule has 3 rings (SSSR count). The van der Waals surface area contributed by atoms with Crippen LogP contribution in [0.3, 0.4) is 0 Å². The van der Waals surface area contributed by atoms with Crippen LogP contribution in [0.25, 0.3) is 0 Å². The molecule has 1 aromatic heterocycles. The quantitative estimate of drug-likeness (QED) is 0.864. The van der Waals surface area contributed by atoms with Crippen LogP contribution in [0.2, 0.25) is 0 Å². The normalized spacial score (nSPS) is 16.7. The number of hydrogen-bond donors (Lipinski definition) is 0. The number of rotatable bonds is 4. The summed E-state index contributed by atoms with van der Waals surface area (Å²) in [5.74, 6) is 0.899. The van der Waals surface area contributed by atoms with Gasteiger partial charge in [0.05, 0.1) is 30.0 Å². The number of anilines is 1. The maximum Gasteiger partial charge on any atom is 0.265 e. The van der Waals surface area contributed by atoms with E-state index in [4.69, 9.17) is 4.74 Å². The molecular weight excluding hydrogens is 310 g/mol. The first-order valence-corrected chi connectivity index (χ1v) is 8.64. The van der Waals surface area contributed by atoms with Gasteiger partial charge in [-0.2, -0.15) is 0 Å². The van der Waals surface area contributed by atoms with Gasteiger partial charge in [-0.25, -0.2) is 4.98 Å². The molecule has 0 N–H and O–H groups in total. The molecule has 122 valence electrons. The summed E-state index contributed by atoms with van der Waals surface area (Å²) in [6.45, 7) is 6.26. The van der Waals surface area contributed by atoms with E-state index in [1.54, 1.807) is 10.4 Å². The Labute approximate surface area is 140 Å². The number of carbonyl (C=O) groups is 1. The van der Waals surface area contributed by atoms with Gasteiger partial charge in [0.15, 0.2) is 0 Å². The Morgan fingerprint density at radius 2 is 2.26 bits per heavy atom. The molecule has 2 heterocycles. The second-order valence-corrected chi connectivity index (χ2v) is 6.55. The van der Waals surface area contributed by atoms with Gasteiger partial charge in [0.1, 0.15) is 16.7 Å². The molecule has 5 nitrogen and oxygen atoms in total. The van der Waals surface area contributed by atoms with Crippen LogP contribution >= 0.6 is 11.3 Å². The number of fused-ring (bicyclic) bond motifs is 1. The van der Waals surface area contributed by atoms with E-state index in [-0.39, 0.29) is 12.0 Å². The van der Waals surface area contributed by atoms with Crippen molar-refractivity contribution < 1.29 is 9.53 Å². The zero-order valence-corrected chi connectivity index (χ0v) is 14.5. The molecule has 1 aliphatic heterocycles.